The standard InChI is InChI=1S/C11H13N3O.C9H12.C2H6/c1-7-4-8-9(5-10(7)15-3)13-6-14-11(8)12-2;1-3-9-6-4-8(2)5-7-9;1-2/h4-6H,1-3H3,(H,12,13,14);4-7H,3H2,1-2H3;1-2H3. The number of fused-ring (bicyclic) bond motifs is 1. The third-order valence-corrected chi connectivity index (χ3v) is 3.92. The van der Waals surface area contributed by atoms with Crippen molar-refractivity contribution in [2.24, 2.45) is 0 Å². The van der Waals surface area contributed by atoms with Gasteiger partial charge in [-0.3, -0.25) is 0 Å². The number of hydrogen-bond donors (Lipinski definition) is 1. The molecule has 1 aromatic heterocycles. The number of rotatable bonds is 3. The molecule has 3 aromatic rings. The van der Waals surface area contributed by atoms with E-state index < -0.39 is 0 Å². The summed E-state index contributed by atoms with van der Waals surface area (Å²) in [4.78, 5) is 8.37. The van der Waals surface area contributed by atoms with Crippen molar-refractivity contribution in [2.75, 3.05) is 19.5 Å². The number of ether oxygens (including phenoxy) is 1. The summed E-state index contributed by atoms with van der Waals surface area (Å²) in [6, 6.07) is 12.6. The van der Waals surface area contributed by atoms with E-state index in [1.807, 2.05) is 40.0 Å². The van der Waals surface area contributed by atoms with Crippen molar-refractivity contribution < 1.29 is 4.74 Å². The lowest BCUT2D eigenvalue weighted by Crippen LogP contribution is -1.96. The quantitative estimate of drug-likeness (QED) is 0.668. The monoisotopic (exact) mass is 353 g/mol. The van der Waals surface area contributed by atoms with Crippen molar-refractivity contribution in [1.82, 2.24) is 9.97 Å². The lowest BCUT2D eigenvalue weighted by Gasteiger charge is -2.08. The number of nitrogens with zero attached hydrogens (tertiary/aromatic N) is 2. The van der Waals surface area contributed by atoms with Crippen molar-refractivity contribution in [3.8, 4) is 5.75 Å². The number of hydrogen-bond acceptors (Lipinski definition) is 4. The number of aryl methyl sites for hydroxylation is 3. The minimum Gasteiger partial charge on any atom is -0.496 e. The molecule has 0 saturated heterocycles. The fourth-order valence-electron chi connectivity index (χ4n) is 2.44. The van der Waals surface area contributed by atoms with Gasteiger partial charge in [0.25, 0.3) is 0 Å². The topological polar surface area (TPSA) is 47.0 Å². The Morgan fingerprint density at radius 3 is 2.19 bits per heavy atom. The molecule has 0 unspecified atom stereocenters. The minimum absolute atomic E-state index is 0.839. The van der Waals surface area contributed by atoms with Crippen LogP contribution in [-0.4, -0.2) is 24.1 Å². The van der Waals surface area contributed by atoms with Crippen LogP contribution in [0.15, 0.2) is 42.7 Å². The maximum atomic E-state index is 5.25. The maximum absolute atomic E-state index is 5.25. The SMILES string of the molecule is CC.CCc1ccc(C)cc1.CNc1ncnc2cc(OC)c(C)cc12. The zero-order chi connectivity index (χ0) is 19.5. The van der Waals surface area contributed by atoms with E-state index in [1.165, 1.54) is 11.1 Å². The molecule has 0 aliphatic heterocycles. The molecule has 0 aliphatic rings. The molecule has 4 nitrogen and oxygen atoms in total. The second kappa shape index (κ2) is 11.1. The Morgan fingerprint density at radius 1 is 1.00 bits per heavy atom. The van der Waals surface area contributed by atoms with Crippen molar-refractivity contribution in [3.63, 3.8) is 0 Å². The molecule has 0 atom stereocenters. The Bertz CT molecular complexity index is 798. The van der Waals surface area contributed by atoms with Crippen molar-refractivity contribution in [1.29, 1.82) is 0 Å². The van der Waals surface area contributed by atoms with Crippen LogP contribution in [0.4, 0.5) is 5.82 Å². The van der Waals surface area contributed by atoms with E-state index in [4.69, 9.17) is 4.74 Å². The van der Waals surface area contributed by atoms with Gasteiger partial charge in [-0.25, -0.2) is 9.97 Å². The molecule has 140 valence electrons. The Balaban J connectivity index is 0.000000263. The normalized spacial score (nSPS) is 9.50. The van der Waals surface area contributed by atoms with Crippen molar-refractivity contribution in [2.45, 2.75) is 41.0 Å². The van der Waals surface area contributed by atoms with E-state index in [1.54, 1.807) is 13.4 Å². The molecule has 0 bridgehead atoms. The molecule has 0 radical (unpaired) electrons. The summed E-state index contributed by atoms with van der Waals surface area (Å²) in [6.45, 7) is 10.3. The lowest BCUT2D eigenvalue weighted by atomic mass is 10.1. The smallest absolute Gasteiger partial charge is 0.137 e. The highest BCUT2D eigenvalue weighted by Gasteiger charge is 2.06. The highest BCUT2D eigenvalue weighted by molar-refractivity contribution is 5.90. The fourth-order valence-corrected chi connectivity index (χ4v) is 2.44. The number of aromatic nitrogens is 2. The number of methoxy groups -OCH3 is 1. The van der Waals surface area contributed by atoms with Crippen LogP contribution in [0, 0.1) is 13.8 Å². The summed E-state index contributed by atoms with van der Waals surface area (Å²) in [5, 5.41) is 4.06. The van der Waals surface area contributed by atoms with Crippen LogP contribution < -0.4 is 10.1 Å². The van der Waals surface area contributed by atoms with Crippen LogP contribution >= 0.6 is 0 Å². The second-order valence-corrected chi connectivity index (χ2v) is 5.65. The summed E-state index contributed by atoms with van der Waals surface area (Å²) in [5.41, 5.74) is 4.72. The van der Waals surface area contributed by atoms with Gasteiger partial charge in [-0.05, 0) is 37.5 Å². The van der Waals surface area contributed by atoms with Gasteiger partial charge in [-0.2, -0.15) is 0 Å². The molecule has 3 rings (SSSR count). The average Bonchev–Trinajstić information content (AvgIpc) is 2.69. The van der Waals surface area contributed by atoms with Gasteiger partial charge in [0.1, 0.15) is 17.9 Å². The summed E-state index contributed by atoms with van der Waals surface area (Å²) < 4.78 is 5.25. The minimum atomic E-state index is 0.839. The van der Waals surface area contributed by atoms with Gasteiger partial charge < -0.3 is 10.1 Å². The fraction of sp³-hybridized carbons (Fsp3) is 0.364. The van der Waals surface area contributed by atoms with E-state index in [-0.39, 0.29) is 0 Å². The molecule has 1 heterocycles. The highest BCUT2D eigenvalue weighted by atomic mass is 16.5. The van der Waals surface area contributed by atoms with Crippen LogP contribution in [0.25, 0.3) is 10.9 Å². The van der Waals surface area contributed by atoms with Crippen molar-refractivity contribution >= 4 is 16.7 Å². The van der Waals surface area contributed by atoms with Crippen LogP contribution in [0.2, 0.25) is 0 Å². The molecule has 26 heavy (non-hydrogen) atoms. The first-order chi connectivity index (χ1) is 12.6. The largest absolute Gasteiger partial charge is 0.496 e. The summed E-state index contributed by atoms with van der Waals surface area (Å²) in [7, 11) is 3.51. The van der Waals surface area contributed by atoms with E-state index in [0.717, 1.165) is 34.5 Å². The van der Waals surface area contributed by atoms with Gasteiger partial charge in [0.05, 0.1) is 12.6 Å². The Kier molecular flexibility index (Phi) is 9.13. The van der Waals surface area contributed by atoms with Gasteiger partial charge >= 0.3 is 0 Å². The third kappa shape index (κ3) is 5.73. The first-order valence-electron chi connectivity index (χ1n) is 9.11. The van der Waals surface area contributed by atoms with Gasteiger partial charge in [0.2, 0.25) is 0 Å². The van der Waals surface area contributed by atoms with Crippen LogP contribution in [0.5, 0.6) is 5.75 Å². The average molecular weight is 354 g/mol. The molecule has 0 fully saturated rings. The zero-order valence-corrected chi connectivity index (χ0v) is 17.1. The molecular formula is C22H31N3O. The second-order valence-electron chi connectivity index (χ2n) is 5.65. The third-order valence-electron chi connectivity index (χ3n) is 3.92. The first-order valence-corrected chi connectivity index (χ1v) is 9.11. The van der Waals surface area contributed by atoms with E-state index in [2.05, 4.69) is 53.4 Å². The van der Waals surface area contributed by atoms with E-state index >= 15 is 0 Å². The van der Waals surface area contributed by atoms with Crippen LogP contribution in [0.1, 0.15) is 37.5 Å². The molecule has 0 saturated carbocycles. The summed E-state index contributed by atoms with van der Waals surface area (Å²) in [5.74, 6) is 1.69. The molecule has 0 spiro atoms. The molecule has 0 aliphatic carbocycles. The maximum Gasteiger partial charge on any atom is 0.137 e. The summed E-state index contributed by atoms with van der Waals surface area (Å²) >= 11 is 0. The predicted octanol–water partition coefficient (Wildman–Crippen LogP) is 5.57. The van der Waals surface area contributed by atoms with Crippen molar-refractivity contribution in [3.05, 3.63) is 59.4 Å². The van der Waals surface area contributed by atoms with Gasteiger partial charge in [0.15, 0.2) is 0 Å². The predicted molar refractivity (Wildman–Crippen MR) is 112 cm³/mol. The molecule has 2 aromatic carbocycles. The highest BCUT2D eigenvalue weighted by Crippen LogP contribution is 2.26. The van der Waals surface area contributed by atoms with E-state index in [9.17, 15) is 0 Å². The summed E-state index contributed by atoms with van der Waals surface area (Å²) in [6.07, 6.45) is 2.68. The Labute approximate surface area is 157 Å². The number of nitrogens with one attached hydrogen (secondary N) is 1. The molecule has 4 heteroatoms. The van der Waals surface area contributed by atoms with E-state index in [0.29, 0.717) is 0 Å². The number of anilines is 1. The number of benzene rings is 2. The zero-order valence-electron chi connectivity index (χ0n) is 17.1. The first kappa shape index (κ1) is 21.4. The van der Waals surface area contributed by atoms with Crippen LogP contribution in [-0.2, 0) is 6.42 Å². The molecule has 0 amide bonds. The van der Waals surface area contributed by atoms with Crippen LogP contribution in [0.3, 0.4) is 0 Å². The van der Waals surface area contributed by atoms with Gasteiger partial charge in [0, 0.05) is 18.5 Å². The molecule has 1 N–H and O–H groups in total. The van der Waals surface area contributed by atoms with Gasteiger partial charge in [-0.15, -0.1) is 0 Å². The molecular weight excluding hydrogens is 322 g/mol. The lowest BCUT2D eigenvalue weighted by molar-refractivity contribution is 0.412. The Morgan fingerprint density at radius 2 is 1.65 bits per heavy atom. The Hall–Kier alpha value is -2.62. The van der Waals surface area contributed by atoms with Gasteiger partial charge in [-0.1, -0.05) is 50.6 Å².